The second-order valence-corrected chi connectivity index (χ2v) is 11.8. The van der Waals surface area contributed by atoms with Crippen molar-refractivity contribution in [3.63, 3.8) is 0 Å². The van der Waals surface area contributed by atoms with Crippen molar-refractivity contribution in [2.24, 2.45) is 23.7 Å². The van der Waals surface area contributed by atoms with Crippen LogP contribution in [0.5, 0.6) is 5.75 Å². The van der Waals surface area contributed by atoms with Crippen molar-refractivity contribution in [1.29, 1.82) is 0 Å². The van der Waals surface area contributed by atoms with Gasteiger partial charge in [-0.3, -0.25) is 0 Å². The Labute approximate surface area is 205 Å². The molecule has 7 atom stereocenters. The Bertz CT molecular complexity index is 801. The first-order valence-corrected chi connectivity index (χ1v) is 13.9. The molecule has 0 N–H and O–H groups in total. The van der Waals surface area contributed by atoms with Gasteiger partial charge >= 0.3 is 6.09 Å². The van der Waals surface area contributed by atoms with Crippen LogP contribution < -0.4 is 4.74 Å². The number of fused-ring (bicyclic) bond motifs is 2. The molecule has 3 saturated carbocycles. The summed E-state index contributed by atoms with van der Waals surface area (Å²) in [5.74, 6) is 4.08. The lowest BCUT2D eigenvalue weighted by molar-refractivity contribution is -0.377. The Balaban J connectivity index is 1.12. The summed E-state index contributed by atoms with van der Waals surface area (Å²) in [5, 5.41) is 0. The maximum atomic E-state index is 12.4. The Kier molecular flexibility index (Phi) is 7.80. The fourth-order valence-corrected chi connectivity index (χ4v) is 7.29. The van der Waals surface area contributed by atoms with Gasteiger partial charge in [-0.25, -0.2) is 14.6 Å². The van der Waals surface area contributed by atoms with Crippen LogP contribution in [0.4, 0.5) is 4.79 Å². The number of piperidine rings is 1. The number of ether oxygens (including phenoxy) is 1. The fraction of sp³-hybridized carbons (Fsp3) is 0.759. The highest BCUT2D eigenvalue weighted by atomic mass is 17.2. The monoisotopic (exact) mass is 469 g/mol. The molecular weight excluding hydrogens is 426 g/mol. The molecule has 1 heterocycles. The molecular formula is C29H43NO4. The Morgan fingerprint density at radius 3 is 2.44 bits per heavy atom. The number of rotatable bonds is 5. The molecule has 0 spiro atoms. The van der Waals surface area contributed by atoms with Crippen molar-refractivity contribution in [1.82, 2.24) is 4.90 Å². The van der Waals surface area contributed by atoms with E-state index in [2.05, 4.69) is 26.0 Å². The maximum absolute atomic E-state index is 12.4. The smallest absolute Gasteiger partial charge is 0.410 e. The van der Waals surface area contributed by atoms with Crippen LogP contribution in [0.25, 0.3) is 0 Å². The van der Waals surface area contributed by atoms with E-state index >= 15 is 0 Å². The second-order valence-electron chi connectivity index (χ2n) is 11.8. The number of hydrogen-bond acceptors (Lipinski definition) is 4. The third-order valence-corrected chi connectivity index (χ3v) is 8.91. The van der Waals surface area contributed by atoms with Crippen LogP contribution in [-0.2, 0) is 9.78 Å². The van der Waals surface area contributed by atoms with Gasteiger partial charge in [0.15, 0.2) is 0 Å². The lowest BCUT2D eigenvalue weighted by Gasteiger charge is -2.45. The molecule has 2 bridgehead atoms. The summed E-state index contributed by atoms with van der Waals surface area (Å²) >= 11 is 0. The predicted molar refractivity (Wildman–Crippen MR) is 133 cm³/mol. The highest BCUT2D eigenvalue weighted by Gasteiger charge is 2.41. The van der Waals surface area contributed by atoms with E-state index in [9.17, 15) is 4.79 Å². The van der Waals surface area contributed by atoms with Gasteiger partial charge < -0.3 is 9.64 Å². The fourth-order valence-electron chi connectivity index (χ4n) is 7.29. The number of carbonyl (C=O) groups is 1. The van der Waals surface area contributed by atoms with Crippen molar-refractivity contribution in [2.75, 3.05) is 13.1 Å². The van der Waals surface area contributed by atoms with E-state index in [1.807, 2.05) is 17.0 Å². The number of hydrogen-bond donors (Lipinski definition) is 0. The van der Waals surface area contributed by atoms with Gasteiger partial charge in [0, 0.05) is 13.1 Å². The Hall–Kier alpha value is -1.59. The first-order chi connectivity index (χ1) is 16.5. The molecule has 3 aliphatic carbocycles. The van der Waals surface area contributed by atoms with Crippen LogP contribution in [0.3, 0.4) is 0 Å². The summed E-state index contributed by atoms with van der Waals surface area (Å²) in [7, 11) is 0. The first kappa shape index (κ1) is 24.1. The molecule has 1 amide bonds. The van der Waals surface area contributed by atoms with Crippen LogP contribution in [0.2, 0.25) is 0 Å². The molecule has 4 aliphatic rings. The minimum absolute atomic E-state index is 0.168. The molecule has 5 heteroatoms. The van der Waals surface area contributed by atoms with Crippen molar-refractivity contribution >= 4 is 6.09 Å². The number of carbonyl (C=O) groups excluding carboxylic acids is 1. The molecule has 4 fully saturated rings. The number of benzene rings is 1. The third-order valence-electron chi connectivity index (χ3n) is 8.91. The highest BCUT2D eigenvalue weighted by molar-refractivity contribution is 5.70. The zero-order chi connectivity index (χ0) is 23.5. The van der Waals surface area contributed by atoms with E-state index in [1.54, 1.807) is 0 Å². The Morgan fingerprint density at radius 2 is 1.65 bits per heavy atom. The summed E-state index contributed by atoms with van der Waals surface area (Å²) < 4.78 is 5.62. The zero-order valence-electron chi connectivity index (χ0n) is 21.1. The van der Waals surface area contributed by atoms with E-state index in [-0.39, 0.29) is 18.3 Å². The molecule has 1 aromatic carbocycles. The van der Waals surface area contributed by atoms with Gasteiger partial charge in [-0.15, -0.1) is 0 Å². The van der Waals surface area contributed by atoms with Crippen LogP contribution in [0.15, 0.2) is 24.3 Å². The Morgan fingerprint density at radius 1 is 0.853 bits per heavy atom. The van der Waals surface area contributed by atoms with Crippen LogP contribution >= 0.6 is 0 Å². The van der Waals surface area contributed by atoms with E-state index in [1.165, 1.54) is 44.1 Å². The zero-order valence-corrected chi connectivity index (χ0v) is 21.1. The van der Waals surface area contributed by atoms with Crippen molar-refractivity contribution in [2.45, 2.75) is 103 Å². The van der Waals surface area contributed by atoms with E-state index in [0.717, 1.165) is 57.0 Å². The van der Waals surface area contributed by atoms with E-state index in [0.29, 0.717) is 23.5 Å². The molecule has 5 nitrogen and oxygen atoms in total. The normalized spacial score (nSPS) is 36.2. The van der Waals surface area contributed by atoms with Gasteiger partial charge in [0.1, 0.15) is 5.75 Å². The van der Waals surface area contributed by atoms with E-state index in [4.69, 9.17) is 14.5 Å². The summed E-state index contributed by atoms with van der Waals surface area (Å²) in [5.41, 5.74) is 1.31. The van der Waals surface area contributed by atoms with Crippen LogP contribution in [0, 0.1) is 23.7 Å². The van der Waals surface area contributed by atoms with Crippen LogP contribution in [-0.4, -0.2) is 36.3 Å². The molecule has 5 rings (SSSR count). The van der Waals surface area contributed by atoms with Crippen molar-refractivity contribution in [3.8, 4) is 5.75 Å². The van der Waals surface area contributed by atoms with Gasteiger partial charge in [-0.05, 0) is 111 Å². The number of amides is 1. The summed E-state index contributed by atoms with van der Waals surface area (Å²) in [4.78, 5) is 26.6. The first-order valence-electron chi connectivity index (χ1n) is 13.9. The lowest BCUT2D eigenvalue weighted by Crippen LogP contribution is -2.42. The third kappa shape index (κ3) is 5.79. The molecule has 0 radical (unpaired) electrons. The van der Waals surface area contributed by atoms with Gasteiger partial charge in [0.05, 0.1) is 12.2 Å². The quantitative estimate of drug-likeness (QED) is 0.341. The average Bonchev–Trinajstić information content (AvgIpc) is 2.84. The molecule has 1 aliphatic heterocycles. The lowest BCUT2D eigenvalue weighted by atomic mass is 9.64. The minimum atomic E-state index is -0.216. The standard InChI is InChI=1S/C29H43NO4/c1-20-15-22-17-21(2)28(25(16-20)18-22)34-33-27-8-6-7-24(19-27)23-9-11-26(12-10-23)32-29(31)30-13-4-3-5-14-30/h9-12,20-22,24-25,27-28H,3-8,13-19H2,1-2H3. The predicted octanol–water partition coefficient (Wildman–Crippen LogP) is 7.11. The van der Waals surface area contributed by atoms with Crippen molar-refractivity contribution < 1.29 is 19.3 Å². The SMILES string of the molecule is CC1CC2CC(C)C(OOC3CCCC(c4ccc(OC(=O)N5CCCCC5)cc4)C3)C(C1)C2. The summed E-state index contributed by atoms with van der Waals surface area (Å²) in [6.45, 7) is 6.37. The minimum Gasteiger partial charge on any atom is -0.410 e. The van der Waals surface area contributed by atoms with Gasteiger partial charge in [0.25, 0.3) is 0 Å². The molecule has 34 heavy (non-hydrogen) atoms. The van der Waals surface area contributed by atoms with Crippen LogP contribution in [0.1, 0.15) is 96.0 Å². The van der Waals surface area contributed by atoms with Gasteiger partial charge in [-0.1, -0.05) is 32.4 Å². The molecule has 0 aromatic heterocycles. The summed E-state index contributed by atoms with van der Waals surface area (Å²) in [6.07, 6.45) is 13.3. The van der Waals surface area contributed by atoms with Gasteiger partial charge in [-0.2, -0.15) is 0 Å². The molecule has 188 valence electrons. The average molecular weight is 470 g/mol. The van der Waals surface area contributed by atoms with Crippen molar-refractivity contribution in [3.05, 3.63) is 29.8 Å². The molecule has 7 unspecified atom stereocenters. The number of nitrogens with zero attached hydrogens (tertiary/aromatic N) is 1. The maximum Gasteiger partial charge on any atom is 0.415 e. The summed E-state index contributed by atoms with van der Waals surface area (Å²) in [6, 6.07) is 8.14. The molecule has 1 saturated heterocycles. The second kappa shape index (κ2) is 11.0. The topological polar surface area (TPSA) is 48.0 Å². The number of likely N-dealkylation sites (tertiary alicyclic amines) is 1. The van der Waals surface area contributed by atoms with Gasteiger partial charge in [0.2, 0.25) is 0 Å². The highest BCUT2D eigenvalue weighted by Crippen LogP contribution is 2.46. The van der Waals surface area contributed by atoms with E-state index < -0.39 is 0 Å². The molecule has 1 aromatic rings. The largest absolute Gasteiger partial charge is 0.415 e.